The molecule has 28 heavy (non-hydrogen) atoms. The van der Waals surface area contributed by atoms with Crippen LogP contribution in [0.1, 0.15) is 31.0 Å². The lowest BCUT2D eigenvalue weighted by Crippen LogP contribution is -2.24. The Balaban J connectivity index is 1.38. The van der Waals surface area contributed by atoms with E-state index in [0.717, 1.165) is 49.7 Å². The number of carbonyl (C=O) groups is 1. The molecule has 0 bridgehead atoms. The van der Waals surface area contributed by atoms with Gasteiger partial charge in [-0.15, -0.1) is 0 Å². The second kappa shape index (κ2) is 6.86. The molecule has 10 nitrogen and oxygen atoms in total. The lowest BCUT2D eigenvalue weighted by molar-refractivity contribution is -0.117. The summed E-state index contributed by atoms with van der Waals surface area (Å²) in [6, 6.07) is 2.24. The van der Waals surface area contributed by atoms with Crippen LogP contribution in [0.25, 0.3) is 5.78 Å². The Hall–Kier alpha value is -3.01. The molecule has 0 saturated carbocycles. The van der Waals surface area contributed by atoms with E-state index in [4.69, 9.17) is 4.74 Å². The van der Waals surface area contributed by atoms with Crippen molar-refractivity contribution in [2.24, 2.45) is 0 Å². The molecule has 2 aliphatic heterocycles. The van der Waals surface area contributed by atoms with E-state index in [9.17, 15) is 4.79 Å². The van der Waals surface area contributed by atoms with Crippen LogP contribution >= 0.6 is 0 Å². The van der Waals surface area contributed by atoms with Crippen LogP contribution in [0, 0.1) is 0 Å². The van der Waals surface area contributed by atoms with Crippen LogP contribution in [0.4, 0.5) is 11.5 Å². The van der Waals surface area contributed by atoms with Gasteiger partial charge in [0, 0.05) is 45.4 Å². The molecular weight excluding hydrogens is 360 g/mol. The standard InChI is InChI=1S/C18H22N8O2/c1-28-11-13-7-16(26-18(22-13)19-12-21-26)23-6-4-14(9-23)25-10-15(8-20-25)24-5-2-3-17(24)27/h7-8,10,12,14H,2-6,9,11H2,1H3. The summed E-state index contributed by atoms with van der Waals surface area (Å²) in [6.45, 7) is 2.90. The quantitative estimate of drug-likeness (QED) is 0.651. The van der Waals surface area contributed by atoms with E-state index in [1.54, 1.807) is 17.8 Å². The first-order valence-corrected chi connectivity index (χ1v) is 9.51. The zero-order valence-electron chi connectivity index (χ0n) is 15.7. The number of hydrogen-bond acceptors (Lipinski definition) is 7. The summed E-state index contributed by atoms with van der Waals surface area (Å²) in [6.07, 6.45) is 7.81. The predicted molar refractivity (Wildman–Crippen MR) is 101 cm³/mol. The smallest absolute Gasteiger partial charge is 0.254 e. The molecule has 1 unspecified atom stereocenters. The van der Waals surface area contributed by atoms with Crippen molar-refractivity contribution in [3.63, 3.8) is 0 Å². The summed E-state index contributed by atoms with van der Waals surface area (Å²) in [5.74, 6) is 1.71. The van der Waals surface area contributed by atoms with Gasteiger partial charge in [-0.2, -0.15) is 19.7 Å². The third-order valence-electron chi connectivity index (χ3n) is 5.41. The first kappa shape index (κ1) is 17.1. The largest absolute Gasteiger partial charge is 0.378 e. The molecule has 0 aliphatic carbocycles. The van der Waals surface area contributed by atoms with E-state index in [2.05, 4.69) is 25.1 Å². The third kappa shape index (κ3) is 2.89. The highest BCUT2D eigenvalue weighted by Gasteiger charge is 2.29. The predicted octanol–water partition coefficient (Wildman–Crippen LogP) is 1.05. The number of carbonyl (C=O) groups excluding carboxylic acids is 1. The molecule has 10 heteroatoms. The Bertz CT molecular complexity index is 1010. The second-order valence-corrected chi connectivity index (χ2v) is 7.23. The molecule has 146 valence electrons. The van der Waals surface area contributed by atoms with Gasteiger partial charge in [0.05, 0.1) is 30.2 Å². The average molecular weight is 382 g/mol. The molecular formula is C18H22N8O2. The van der Waals surface area contributed by atoms with Crippen molar-refractivity contribution >= 4 is 23.2 Å². The van der Waals surface area contributed by atoms with Gasteiger partial charge in [0.2, 0.25) is 5.91 Å². The third-order valence-corrected chi connectivity index (χ3v) is 5.41. The van der Waals surface area contributed by atoms with E-state index < -0.39 is 0 Å². The van der Waals surface area contributed by atoms with Crippen LogP contribution in [-0.2, 0) is 16.1 Å². The van der Waals surface area contributed by atoms with Gasteiger partial charge >= 0.3 is 0 Å². The molecule has 0 N–H and O–H groups in total. The lowest BCUT2D eigenvalue weighted by Gasteiger charge is -2.20. The van der Waals surface area contributed by atoms with Crippen molar-refractivity contribution in [1.82, 2.24) is 29.4 Å². The summed E-state index contributed by atoms with van der Waals surface area (Å²) in [5, 5.41) is 8.85. The number of aromatic nitrogens is 6. The molecule has 1 atom stereocenters. The number of anilines is 2. The van der Waals surface area contributed by atoms with Crippen molar-refractivity contribution < 1.29 is 9.53 Å². The number of hydrogen-bond donors (Lipinski definition) is 0. The molecule has 0 radical (unpaired) electrons. The molecule has 5 heterocycles. The minimum atomic E-state index is 0.184. The van der Waals surface area contributed by atoms with Gasteiger partial charge < -0.3 is 14.5 Å². The van der Waals surface area contributed by atoms with Crippen molar-refractivity contribution in [2.45, 2.75) is 31.9 Å². The van der Waals surface area contributed by atoms with Crippen LogP contribution in [-0.4, -0.2) is 62.0 Å². The Morgan fingerprint density at radius 2 is 2.21 bits per heavy atom. The second-order valence-electron chi connectivity index (χ2n) is 7.23. The Kier molecular flexibility index (Phi) is 4.19. The van der Waals surface area contributed by atoms with E-state index in [-0.39, 0.29) is 11.9 Å². The van der Waals surface area contributed by atoms with Gasteiger partial charge in [-0.3, -0.25) is 9.48 Å². The Morgan fingerprint density at radius 1 is 1.29 bits per heavy atom. The highest BCUT2D eigenvalue weighted by molar-refractivity contribution is 5.95. The van der Waals surface area contributed by atoms with Gasteiger partial charge in [-0.1, -0.05) is 0 Å². The summed E-state index contributed by atoms with van der Waals surface area (Å²) in [4.78, 5) is 24.8. The van der Waals surface area contributed by atoms with E-state index in [0.29, 0.717) is 18.8 Å². The van der Waals surface area contributed by atoms with E-state index in [1.807, 2.05) is 21.8 Å². The zero-order valence-corrected chi connectivity index (χ0v) is 15.7. The van der Waals surface area contributed by atoms with Gasteiger partial charge in [0.1, 0.15) is 12.1 Å². The minimum Gasteiger partial charge on any atom is -0.378 e. The average Bonchev–Trinajstić information content (AvgIpc) is 3.47. The monoisotopic (exact) mass is 382 g/mol. The molecule has 5 rings (SSSR count). The molecule has 2 saturated heterocycles. The number of methoxy groups -OCH3 is 1. The van der Waals surface area contributed by atoms with Crippen molar-refractivity contribution in [3.8, 4) is 0 Å². The normalized spacial score (nSPS) is 20.0. The number of nitrogens with zero attached hydrogens (tertiary/aromatic N) is 8. The number of fused-ring (bicyclic) bond motifs is 1. The van der Waals surface area contributed by atoms with Gasteiger partial charge in [0.25, 0.3) is 5.78 Å². The molecule has 0 aromatic carbocycles. The number of amides is 1. The highest BCUT2D eigenvalue weighted by Crippen LogP contribution is 2.29. The fourth-order valence-electron chi connectivity index (χ4n) is 4.05. The maximum absolute atomic E-state index is 12.0. The Labute approximate surface area is 161 Å². The van der Waals surface area contributed by atoms with E-state index in [1.165, 1.54) is 6.33 Å². The fourth-order valence-corrected chi connectivity index (χ4v) is 4.05. The number of rotatable bonds is 5. The number of ether oxygens (including phenoxy) is 1. The first-order chi connectivity index (χ1) is 13.7. The van der Waals surface area contributed by atoms with Crippen LogP contribution in [0.15, 0.2) is 24.8 Å². The molecule has 0 spiro atoms. The van der Waals surface area contributed by atoms with E-state index >= 15 is 0 Å². The minimum absolute atomic E-state index is 0.184. The SMILES string of the molecule is COCc1cc(N2CCC(n3cc(N4CCCC4=O)cn3)C2)n2ncnc2n1. The molecule has 1 amide bonds. The van der Waals surface area contributed by atoms with Crippen molar-refractivity contribution in [2.75, 3.05) is 36.5 Å². The van der Waals surface area contributed by atoms with Crippen LogP contribution in [0.5, 0.6) is 0 Å². The van der Waals surface area contributed by atoms with Gasteiger partial charge in [0.15, 0.2) is 0 Å². The van der Waals surface area contributed by atoms with Gasteiger partial charge in [-0.05, 0) is 12.8 Å². The highest BCUT2D eigenvalue weighted by atomic mass is 16.5. The van der Waals surface area contributed by atoms with Crippen molar-refractivity contribution in [1.29, 1.82) is 0 Å². The van der Waals surface area contributed by atoms with Gasteiger partial charge in [-0.25, -0.2) is 4.98 Å². The fraction of sp³-hybridized carbons (Fsp3) is 0.500. The zero-order chi connectivity index (χ0) is 19.1. The maximum atomic E-state index is 12.0. The molecule has 2 aliphatic rings. The summed E-state index contributed by atoms with van der Waals surface area (Å²) < 4.78 is 8.98. The first-order valence-electron chi connectivity index (χ1n) is 9.51. The van der Waals surface area contributed by atoms with Crippen LogP contribution < -0.4 is 9.80 Å². The topological polar surface area (TPSA) is 93.7 Å². The van der Waals surface area contributed by atoms with Crippen LogP contribution in [0.2, 0.25) is 0 Å². The summed E-state index contributed by atoms with van der Waals surface area (Å²) in [7, 11) is 1.65. The molecule has 3 aromatic heterocycles. The molecule has 3 aromatic rings. The van der Waals surface area contributed by atoms with Crippen molar-refractivity contribution in [3.05, 3.63) is 30.5 Å². The Morgan fingerprint density at radius 3 is 3.04 bits per heavy atom. The molecule has 2 fully saturated rings. The van der Waals surface area contributed by atoms with Crippen LogP contribution in [0.3, 0.4) is 0 Å². The lowest BCUT2D eigenvalue weighted by atomic mass is 10.3. The maximum Gasteiger partial charge on any atom is 0.254 e. The summed E-state index contributed by atoms with van der Waals surface area (Å²) >= 11 is 0. The summed E-state index contributed by atoms with van der Waals surface area (Å²) in [5.41, 5.74) is 1.72.